The van der Waals surface area contributed by atoms with Crippen LogP contribution in [0.1, 0.15) is 27.7 Å². The van der Waals surface area contributed by atoms with Crippen molar-refractivity contribution in [3.05, 3.63) is 27.2 Å². The van der Waals surface area contributed by atoms with Crippen LogP contribution in [0.15, 0.2) is 12.1 Å². The van der Waals surface area contributed by atoms with Gasteiger partial charge in [-0.25, -0.2) is 9.59 Å². The highest BCUT2D eigenvalue weighted by atomic mass is 35.5. The zero-order valence-corrected chi connectivity index (χ0v) is 14.8. The van der Waals surface area contributed by atoms with E-state index in [0.29, 0.717) is 0 Å². The predicted molar refractivity (Wildman–Crippen MR) is 85.9 cm³/mol. The lowest BCUT2D eigenvalue weighted by Gasteiger charge is -2.21. The molecule has 1 atom stereocenters. The molecular formula is C14H16Cl3NO4. The molecule has 0 saturated carbocycles. The van der Waals surface area contributed by atoms with Gasteiger partial charge in [-0.2, -0.15) is 0 Å². The number of carbonyl (C=O) groups excluding carboxylic acids is 2. The summed E-state index contributed by atoms with van der Waals surface area (Å²) in [5, 5.41) is 2.93. The molecule has 1 N–H and O–H groups in total. The molecule has 1 rings (SSSR count). The Labute approximate surface area is 143 Å². The number of rotatable bonds is 3. The highest BCUT2D eigenvalue weighted by Crippen LogP contribution is 2.34. The number of nitrogens with one attached hydrogen (secondary N) is 1. The molecule has 1 aromatic carbocycles. The van der Waals surface area contributed by atoms with Gasteiger partial charge in [0.05, 0.1) is 15.1 Å². The molecule has 22 heavy (non-hydrogen) atoms. The third-order valence-corrected chi connectivity index (χ3v) is 3.29. The fourth-order valence-electron chi connectivity index (χ4n) is 1.32. The Kier molecular flexibility index (Phi) is 6.35. The van der Waals surface area contributed by atoms with Crippen LogP contribution in [-0.2, 0) is 9.53 Å². The van der Waals surface area contributed by atoms with E-state index < -0.39 is 23.7 Å². The van der Waals surface area contributed by atoms with Gasteiger partial charge in [-0.05, 0) is 33.8 Å². The molecule has 0 aliphatic carbocycles. The van der Waals surface area contributed by atoms with E-state index in [1.165, 1.54) is 19.1 Å². The quantitative estimate of drug-likeness (QED) is 0.486. The first kappa shape index (κ1) is 18.9. The van der Waals surface area contributed by atoms with Crippen LogP contribution in [-0.4, -0.2) is 23.7 Å². The Balaban J connectivity index is 2.69. The lowest BCUT2D eigenvalue weighted by atomic mass is 10.2. The molecule has 0 fully saturated rings. The minimum Gasteiger partial charge on any atom is -0.444 e. The molecule has 0 aliphatic rings. The van der Waals surface area contributed by atoms with Crippen molar-refractivity contribution in [3.63, 3.8) is 0 Å². The SMILES string of the molecule is C[C@H](NC(=O)OC(C)(C)C)C(=O)Oc1cc(Cl)c(Cl)cc1Cl. The zero-order chi connectivity index (χ0) is 17.1. The third kappa shape index (κ3) is 5.91. The van der Waals surface area contributed by atoms with Crippen LogP contribution in [0.5, 0.6) is 5.75 Å². The van der Waals surface area contributed by atoms with E-state index in [-0.39, 0.29) is 20.8 Å². The van der Waals surface area contributed by atoms with Gasteiger partial charge < -0.3 is 14.8 Å². The van der Waals surface area contributed by atoms with Gasteiger partial charge in [0, 0.05) is 6.07 Å². The first-order valence-electron chi connectivity index (χ1n) is 6.35. The molecule has 5 nitrogen and oxygen atoms in total. The van der Waals surface area contributed by atoms with Crippen LogP contribution in [0, 0.1) is 0 Å². The van der Waals surface area contributed by atoms with Crippen LogP contribution < -0.4 is 10.1 Å². The van der Waals surface area contributed by atoms with Gasteiger partial charge >= 0.3 is 12.1 Å². The summed E-state index contributed by atoms with van der Waals surface area (Å²) in [5.74, 6) is -0.662. The Bertz CT molecular complexity index is 584. The fraction of sp³-hybridized carbons (Fsp3) is 0.429. The molecule has 0 aliphatic heterocycles. The fourth-order valence-corrected chi connectivity index (χ4v) is 1.90. The summed E-state index contributed by atoms with van der Waals surface area (Å²) in [4.78, 5) is 23.5. The van der Waals surface area contributed by atoms with Crippen molar-refractivity contribution in [2.24, 2.45) is 0 Å². The van der Waals surface area contributed by atoms with E-state index in [1.54, 1.807) is 20.8 Å². The van der Waals surface area contributed by atoms with Gasteiger partial charge in [-0.1, -0.05) is 34.8 Å². The molecule has 8 heteroatoms. The molecule has 1 amide bonds. The third-order valence-electron chi connectivity index (χ3n) is 2.27. The number of hydrogen-bond acceptors (Lipinski definition) is 4. The summed E-state index contributed by atoms with van der Waals surface area (Å²) < 4.78 is 10.1. The van der Waals surface area contributed by atoms with Crippen molar-refractivity contribution < 1.29 is 19.1 Å². The Morgan fingerprint density at radius 1 is 1.09 bits per heavy atom. The topological polar surface area (TPSA) is 64.6 Å². The molecule has 0 bridgehead atoms. The predicted octanol–water partition coefficient (Wildman–Crippen LogP) is 4.47. The maximum absolute atomic E-state index is 11.9. The van der Waals surface area contributed by atoms with Gasteiger partial charge in [0.15, 0.2) is 5.75 Å². The van der Waals surface area contributed by atoms with Crippen molar-refractivity contribution >= 4 is 46.9 Å². The summed E-state index contributed by atoms with van der Waals surface area (Å²) in [6.45, 7) is 6.60. The van der Waals surface area contributed by atoms with E-state index in [4.69, 9.17) is 44.3 Å². The summed E-state index contributed by atoms with van der Waals surface area (Å²) in [6, 6.07) is 1.75. The Morgan fingerprint density at radius 2 is 1.64 bits per heavy atom. The Hall–Kier alpha value is -1.17. The first-order chi connectivity index (χ1) is 9.99. The molecule has 0 spiro atoms. The molecule has 0 saturated heterocycles. The van der Waals surface area contributed by atoms with Gasteiger partial charge in [0.2, 0.25) is 0 Å². The van der Waals surface area contributed by atoms with Gasteiger partial charge in [-0.15, -0.1) is 0 Å². The summed E-state index contributed by atoms with van der Waals surface area (Å²) in [6.07, 6.45) is -0.725. The van der Waals surface area contributed by atoms with Crippen LogP contribution in [0.2, 0.25) is 15.1 Å². The smallest absolute Gasteiger partial charge is 0.408 e. The maximum Gasteiger partial charge on any atom is 0.408 e. The van der Waals surface area contributed by atoms with Crippen LogP contribution in [0.25, 0.3) is 0 Å². The average molecular weight is 369 g/mol. The Morgan fingerprint density at radius 3 is 2.18 bits per heavy atom. The number of ether oxygens (including phenoxy) is 2. The van der Waals surface area contributed by atoms with E-state index in [1.807, 2.05) is 0 Å². The number of benzene rings is 1. The van der Waals surface area contributed by atoms with Crippen molar-refractivity contribution in [2.45, 2.75) is 39.3 Å². The molecule has 1 aromatic rings. The van der Waals surface area contributed by atoms with Crippen molar-refractivity contribution in [3.8, 4) is 5.75 Å². The monoisotopic (exact) mass is 367 g/mol. The molecule has 0 aromatic heterocycles. The number of esters is 1. The van der Waals surface area contributed by atoms with Crippen LogP contribution >= 0.6 is 34.8 Å². The van der Waals surface area contributed by atoms with Gasteiger partial charge in [-0.3, -0.25) is 0 Å². The lowest BCUT2D eigenvalue weighted by molar-refractivity contribution is -0.136. The summed E-state index contributed by atoms with van der Waals surface area (Å²) >= 11 is 17.5. The van der Waals surface area contributed by atoms with E-state index in [9.17, 15) is 9.59 Å². The summed E-state index contributed by atoms with van der Waals surface area (Å²) in [7, 11) is 0. The molecule has 122 valence electrons. The molecule has 0 heterocycles. The standard InChI is InChI=1S/C14H16Cl3NO4/c1-7(18-13(20)22-14(2,3)4)12(19)21-11-6-9(16)8(15)5-10(11)17/h5-7H,1-4H3,(H,18,20)/t7-/m0/s1. The highest BCUT2D eigenvalue weighted by Gasteiger charge is 2.23. The van der Waals surface area contributed by atoms with Crippen LogP contribution in [0.4, 0.5) is 4.79 Å². The van der Waals surface area contributed by atoms with Crippen molar-refractivity contribution in [2.75, 3.05) is 0 Å². The van der Waals surface area contributed by atoms with Crippen LogP contribution in [0.3, 0.4) is 0 Å². The average Bonchev–Trinajstić information content (AvgIpc) is 2.33. The molecule has 0 radical (unpaired) electrons. The largest absolute Gasteiger partial charge is 0.444 e. The molecule has 0 unspecified atom stereocenters. The zero-order valence-electron chi connectivity index (χ0n) is 12.5. The molecular weight excluding hydrogens is 353 g/mol. The number of hydrogen-bond donors (Lipinski definition) is 1. The summed E-state index contributed by atoms with van der Waals surface area (Å²) in [5.41, 5.74) is -0.666. The number of halogens is 3. The normalized spacial score (nSPS) is 12.5. The minimum atomic E-state index is -0.930. The lowest BCUT2D eigenvalue weighted by Crippen LogP contribution is -2.43. The number of amides is 1. The number of carbonyl (C=O) groups is 2. The van der Waals surface area contributed by atoms with E-state index in [0.717, 1.165) is 0 Å². The number of alkyl carbamates (subject to hydrolysis) is 1. The highest BCUT2D eigenvalue weighted by molar-refractivity contribution is 6.43. The van der Waals surface area contributed by atoms with E-state index in [2.05, 4.69) is 5.32 Å². The van der Waals surface area contributed by atoms with Gasteiger partial charge in [0.25, 0.3) is 0 Å². The van der Waals surface area contributed by atoms with Gasteiger partial charge in [0.1, 0.15) is 11.6 Å². The van der Waals surface area contributed by atoms with Crippen molar-refractivity contribution in [1.82, 2.24) is 5.32 Å². The second-order valence-corrected chi connectivity index (χ2v) is 6.71. The van der Waals surface area contributed by atoms with E-state index >= 15 is 0 Å². The minimum absolute atomic E-state index is 0.0545. The first-order valence-corrected chi connectivity index (χ1v) is 7.48. The van der Waals surface area contributed by atoms with Crippen molar-refractivity contribution in [1.29, 1.82) is 0 Å². The second kappa shape index (κ2) is 7.40. The second-order valence-electron chi connectivity index (χ2n) is 5.49. The maximum atomic E-state index is 11.9.